The first-order valence-electron chi connectivity index (χ1n) is 0.894. The molecule has 4 nitrogen and oxygen atoms in total. The predicted octanol–water partition coefficient (Wildman–Crippen LogP) is -4.06. The van der Waals surface area contributed by atoms with E-state index in [9.17, 15) is 0 Å². The van der Waals surface area contributed by atoms with E-state index in [1.165, 1.54) is 0 Å². The number of hydrogen-bond donors (Lipinski definition) is 4. The summed E-state index contributed by atoms with van der Waals surface area (Å²) in [6, 6.07) is 0. The van der Waals surface area contributed by atoms with Crippen molar-refractivity contribution < 1.29 is 36.3 Å². The molecule has 0 aromatic rings. The molecule has 0 aliphatic rings. The van der Waals surface area contributed by atoms with Gasteiger partial charge in [-0.25, -0.2) is 0 Å². The van der Waals surface area contributed by atoms with E-state index in [1.807, 2.05) is 0 Å². The molecule has 0 aromatic heterocycles. The standard InChI is InChI=1S/Mn.H4O4Si.H4Si/c;1-5(2,3)4;/h;1-4H;1H4. The third-order valence-electron chi connectivity index (χ3n) is 0. The van der Waals surface area contributed by atoms with E-state index in [1.54, 1.807) is 0 Å². The second kappa shape index (κ2) is 4.94. The molecule has 0 aromatic carbocycles. The average molecular weight is 183 g/mol. The Balaban J connectivity index is -0.0000000800. The Kier molecular flexibility index (Phi) is 11.0. The van der Waals surface area contributed by atoms with Gasteiger partial charge in [0.25, 0.3) is 0 Å². The van der Waals surface area contributed by atoms with Crippen LogP contribution < -0.4 is 0 Å². The molecule has 0 aliphatic carbocycles. The van der Waals surface area contributed by atoms with Crippen molar-refractivity contribution in [2.45, 2.75) is 0 Å². The first-order chi connectivity index (χ1) is 2.00. The fourth-order valence-corrected chi connectivity index (χ4v) is 0. The van der Waals surface area contributed by atoms with Gasteiger partial charge in [-0.1, -0.05) is 0 Å². The van der Waals surface area contributed by atoms with Gasteiger partial charge in [0.1, 0.15) is 0 Å². The van der Waals surface area contributed by atoms with Crippen molar-refractivity contribution in [3.8, 4) is 0 Å². The zero-order valence-corrected chi connectivity index (χ0v) is 4.85. The number of rotatable bonds is 0. The first-order valence-corrected chi connectivity index (χ1v) is 2.68. The summed E-state index contributed by atoms with van der Waals surface area (Å²) in [6.07, 6.45) is 0. The third kappa shape index (κ3) is 248. The van der Waals surface area contributed by atoms with Crippen LogP contribution >= 0.6 is 0 Å². The Morgan fingerprint density at radius 2 is 0.857 bits per heavy atom. The summed E-state index contributed by atoms with van der Waals surface area (Å²) < 4.78 is 0. The Hall–Kier alpha value is 0.793. The summed E-state index contributed by atoms with van der Waals surface area (Å²) in [5, 5.41) is 0. The van der Waals surface area contributed by atoms with Crippen molar-refractivity contribution in [3.63, 3.8) is 0 Å². The fraction of sp³-hybridized carbons (Fsp3) is 0. The minimum Gasteiger partial charge on any atom is -0.368 e. The molecule has 0 bridgehead atoms. The van der Waals surface area contributed by atoms with E-state index in [4.69, 9.17) is 19.2 Å². The summed E-state index contributed by atoms with van der Waals surface area (Å²) in [4.78, 5) is 29.3. The Labute approximate surface area is 56.8 Å². The van der Waals surface area contributed by atoms with Gasteiger partial charge in [-0.05, 0) is 11.0 Å². The normalized spacial score (nSPS) is 8.57. The molecule has 0 fully saturated rings. The minimum absolute atomic E-state index is 0. The molecule has 4 N–H and O–H groups in total. The molecular weight excluding hydrogens is 175 g/mol. The van der Waals surface area contributed by atoms with Crippen LogP contribution in [0.25, 0.3) is 0 Å². The molecular formula is H8MnO4Si2. The van der Waals surface area contributed by atoms with Gasteiger partial charge in [0.2, 0.25) is 0 Å². The van der Waals surface area contributed by atoms with Gasteiger partial charge in [-0.2, -0.15) is 0 Å². The molecule has 0 spiro atoms. The Morgan fingerprint density at radius 3 is 0.857 bits per heavy atom. The van der Waals surface area contributed by atoms with E-state index >= 15 is 0 Å². The predicted molar refractivity (Wildman–Crippen MR) is 26.0 cm³/mol. The van der Waals surface area contributed by atoms with Crippen LogP contribution in [0, 0.1) is 0 Å². The van der Waals surface area contributed by atoms with Gasteiger partial charge in [0.15, 0.2) is 0 Å². The van der Waals surface area contributed by atoms with Crippen LogP contribution in [0.1, 0.15) is 0 Å². The van der Waals surface area contributed by atoms with E-state index in [0.29, 0.717) is 0 Å². The minimum atomic E-state index is -4.61. The van der Waals surface area contributed by atoms with Crippen LogP contribution in [0.5, 0.6) is 0 Å². The SMILES string of the molecule is O[Si](O)(O)O.[Mn].[SiH4]. The van der Waals surface area contributed by atoms with Crippen LogP contribution in [-0.2, 0) is 17.1 Å². The number of hydrogen-bond acceptors (Lipinski definition) is 4. The Morgan fingerprint density at radius 1 is 0.857 bits per heavy atom. The summed E-state index contributed by atoms with van der Waals surface area (Å²) in [7, 11) is -4.61. The van der Waals surface area contributed by atoms with Gasteiger partial charge < -0.3 is 19.2 Å². The second-order valence-electron chi connectivity index (χ2n) is 0.600. The van der Waals surface area contributed by atoms with Gasteiger partial charge in [0, 0.05) is 17.1 Å². The van der Waals surface area contributed by atoms with Crippen molar-refractivity contribution in [1.29, 1.82) is 0 Å². The molecule has 7 heteroatoms. The van der Waals surface area contributed by atoms with Crippen molar-refractivity contribution in [3.05, 3.63) is 0 Å². The van der Waals surface area contributed by atoms with Crippen LogP contribution in [0.15, 0.2) is 0 Å². The van der Waals surface area contributed by atoms with Crippen LogP contribution in [-0.4, -0.2) is 39.2 Å². The zero-order valence-electron chi connectivity index (χ0n) is 2.67. The molecule has 1 radical (unpaired) electrons. The molecule has 0 heterocycles. The maximum absolute atomic E-state index is 7.33. The monoisotopic (exact) mass is 183 g/mol. The molecule has 0 saturated heterocycles. The van der Waals surface area contributed by atoms with Gasteiger partial charge in [0.05, 0.1) is 0 Å². The second-order valence-corrected chi connectivity index (χ2v) is 1.80. The fourth-order valence-electron chi connectivity index (χ4n) is 0. The van der Waals surface area contributed by atoms with Gasteiger partial charge >= 0.3 is 9.05 Å². The molecule has 0 atom stereocenters. The van der Waals surface area contributed by atoms with Crippen molar-refractivity contribution in [1.82, 2.24) is 0 Å². The van der Waals surface area contributed by atoms with Crippen molar-refractivity contribution in [2.75, 3.05) is 0 Å². The smallest absolute Gasteiger partial charge is 0.368 e. The summed E-state index contributed by atoms with van der Waals surface area (Å²) in [6.45, 7) is 0. The molecule has 0 unspecified atom stereocenters. The van der Waals surface area contributed by atoms with Crippen LogP contribution in [0.4, 0.5) is 0 Å². The topological polar surface area (TPSA) is 80.9 Å². The molecule has 0 amide bonds. The van der Waals surface area contributed by atoms with E-state index in [2.05, 4.69) is 0 Å². The maximum Gasteiger partial charge on any atom is 0.668 e. The van der Waals surface area contributed by atoms with Gasteiger partial charge in [-0.15, -0.1) is 0 Å². The van der Waals surface area contributed by atoms with E-state index in [-0.39, 0.29) is 28.0 Å². The summed E-state index contributed by atoms with van der Waals surface area (Å²) >= 11 is 0. The molecule has 0 rings (SSSR count). The third-order valence-corrected chi connectivity index (χ3v) is 0. The molecule has 7 heavy (non-hydrogen) atoms. The largest absolute Gasteiger partial charge is 0.668 e. The van der Waals surface area contributed by atoms with Crippen molar-refractivity contribution in [2.24, 2.45) is 0 Å². The van der Waals surface area contributed by atoms with Crippen molar-refractivity contribution >= 4 is 20.0 Å². The maximum atomic E-state index is 7.33. The molecule has 47 valence electrons. The van der Waals surface area contributed by atoms with Crippen LogP contribution in [0.3, 0.4) is 0 Å². The average Bonchev–Trinajstić information content (AvgIpc) is 0.722. The van der Waals surface area contributed by atoms with Gasteiger partial charge in [-0.3, -0.25) is 0 Å². The summed E-state index contributed by atoms with van der Waals surface area (Å²) in [5.74, 6) is 0. The quantitative estimate of drug-likeness (QED) is 0.288. The first kappa shape index (κ1) is 15.7. The molecule has 0 aliphatic heterocycles. The molecule has 0 saturated carbocycles. The zero-order chi connectivity index (χ0) is 4.50. The van der Waals surface area contributed by atoms with E-state index < -0.39 is 9.05 Å². The Bertz CT molecular complexity index is 25.2. The van der Waals surface area contributed by atoms with E-state index in [0.717, 1.165) is 0 Å². The van der Waals surface area contributed by atoms with Crippen LogP contribution in [0.2, 0.25) is 0 Å². The summed E-state index contributed by atoms with van der Waals surface area (Å²) in [5.41, 5.74) is 0.